The molecule has 0 saturated heterocycles. The lowest BCUT2D eigenvalue weighted by atomic mass is 10.0. The highest BCUT2D eigenvalue weighted by Gasteiger charge is 2.12. The topological polar surface area (TPSA) is 64.3 Å². The molecule has 0 saturated carbocycles. The first-order valence-corrected chi connectivity index (χ1v) is 9.85. The largest absolute Gasteiger partial charge is 0.457 e. The Bertz CT molecular complexity index is 1120. The Labute approximate surface area is 174 Å². The number of nitrogens with zero attached hydrogens (tertiary/aromatic N) is 4. The molecule has 0 unspecified atom stereocenters. The van der Waals surface area contributed by atoms with E-state index in [1.807, 2.05) is 43.3 Å². The maximum absolute atomic E-state index is 6.41. The van der Waals surface area contributed by atoms with E-state index in [-0.39, 0.29) is 0 Å². The Balaban J connectivity index is 1.44. The molecular formula is C22H22ClN5O. The standard InChI is InChI=1S/C22H22ClN5O/c1-14(2)17-6-10-19(11-7-17)29-18-8-4-16(5-9-18)12-24-21-20(23)15(3)27-22-25-13-26-28(21)22/h4-11,13-14,24H,12H2,1-3H3. The fourth-order valence-electron chi connectivity index (χ4n) is 3.00. The molecule has 148 valence electrons. The first kappa shape index (κ1) is 19.2. The molecule has 0 bridgehead atoms. The number of hydrogen-bond donors (Lipinski definition) is 1. The predicted molar refractivity (Wildman–Crippen MR) is 115 cm³/mol. The first-order chi connectivity index (χ1) is 14.0. The lowest BCUT2D eigenvalue weighted by molar-refractivity contribution is 0.482. The number of aryl methyl sites for hydroxylation is 1. The van der Waals surface area contributed by atoms with Gasteiger partial charge in [0.1, 0.15) is 22.8 Å². The molecule has 4 aromatic rings. The van der Waals surface area contributed by atoms with Gasteiger partial charge in [-0.2, -0.15) is 14.6 Å². The number of aromatic nitrogens is 4. The first-order valence-electron chi connectivity index (χ1n) is 9.47. The SMILES string of the molecule is Cc1nc2ncnn2c(NCc2ccc(Oc3ccc(C(C)C)cc3)cc2)c1Cl. The van der Waals surface area contributed by atoms with E-state index < -0.39 is 0 Å². The van der Waals surface area contributed by atoms with Crippen LogP contribution in [0, 0.1) is 6.92 Å². The van der Waals surface area contributed by atoms with Crippen LogP contribution in [-0.2, 0) is 6.54 Å². The highest BCUT2D eigenvalue weighted by atomic mass is 35.5. The summed E-state index contributed by atoms with van der Waals surface area (Å²) in [4.78, 5) is 8.45. The summed E-state index contributed by atoms with van der Waals surface area (Å²) in [5, 5.41) is 8.05. The average molecular weight is 408 g/mol. The minimum atomic E-state index is 0.507. The molecule has 4 rings (SSSR count). The second-order valence-electron chi connectivity index (χ2n) is 7.15. The summed E-state index contributed by atoms with van der Waals surface area (Å²) in [5.74, 6) is 3.32. The number of benzene rings is 2. The number of nitrogens with one attached hydrogen (secondary N) is 1. The molecule has 0 atom stereocenters. The van der Waals surface area contributed by atoms with Crippen LogP contribution < -0.4 is 10.1 Å². The summed E-state index contributed by atoms with van der Waals surface area (Å²) in [6.45, 7) is 6.79. The van der Waals surface area contributed by atoms with Gasteiger partial charge in [-0.25, -0.2) is 4.98 Å². The highest BCUT2D eigenvalue weighted by Crippen LogP contribution is 2.26. The van der Waals surface area contributed by atoms with Crippen LogP contribution in [-0.4, -0.2) is 19.6 Å². The summed E-state index contributed by atoms with van der Waals surface area (Å²) in [6.07, 6.45) is 1.46. The van der Waals surface area contributed by atoms with Gasteiger partial charge in [0.05, 0.1) is 5.69 Å². The van der Waals surface area contributed by atoms with Crippen molar-refractivity contribution in [1.82, 2.24) is 19.6 Å². The third-order valence-electron chi connectivity index (χ3n) is 4.70. The minimum Gasteiger partial charge on any atom is -0.457 e. The van der Waals surface area contributed by atoms with Crippen LogP contribution in [0.2, 0.25) is 5.02 Å². The fraction of sp³-hybridized carbons (Fsp3) is 0.227. The number of fused-ring (bicyclic) bond motifs is 1. The Morgan fingerprint density at radius 3 is 2.34 bits per heavy atom. The zero-order valence-corrected chi connectivity index (χ0v) is 17.3. The number of ether oxygens (including phenoxy) is 1. The van der Waals surface area contributed by atoms with E-state index >= 15 is 0 Å². The molecule has 1 N–H and O–H groups in total. The second kappa shape index (κ2) is 8.09. The summed E-state index contributed by atoms with van der Waals surface area (Å²) < 4.78 is 7.55. The van der Waals surface area contributed by atoms with Crippen LogP contribution in [0.4, 0.5) is 5.82 Å². The molecular weight excluding hydrogens is 386 g/mol. The Morgan fingerprint density at radius 2 is 1.69 bits per heavy atom. The number of rotatable bonds is 6. The summed E-state index contributed by atoms with van der Waals surface area (Å²) in [7, 11) is 0. The third kappa shape index (κ3) is 4.17. The average Bonchev–Trinajstić information content (AvgIpc) is 3.18. The van der Waals surface area contributed by atoms with Crippen LogP contribution in [0.3, 0.4) is 0 Å². The second-order valence-corrected chi connectivity index (χ2v) is 7.53. The fourth-order valence-corrected chi connectivity index (χ4v) is 3.19. The van der Waals surface area contributed by atoms with Gasteiger partial charge in [-0.15, -0.1) is 0 Å². The molecule has 6 nitrogen and oxygen atoms in total. The zero-order valence-electron chi connectivity index (χ0n) is 16.6. The molecule has 0 radical (unpaired) electrons. The molecule has 0 aliphatic rings. The van der Waals surface area contributed by atoms with Crippen LogP contribution in [0.15, 0.2) is 54.9 Å². The summed E-state index contributed by atoms with van der Waals surface area (Å²) in [5.41, 5.74) is 3.10. The maximum Gasteiger partial charge on any atom is 0.254 e. The van der Waals surface area contributed by atoms with Crippen molar-refractivity contribution in [2.24, 2.45) is 0 Å². The summed E-state index contributed by atoms with van der Waals surface area (Å²) >= 11 is 6.41. The monoisotopic (exact) mass is 407 g/mol. The Kier molecular flexibility index (Phi) is 5.36. The molecule has 2 aromatic carbocycles. The quantitative estimate of drug-likeness (QED) is 0.449. The van der Waals surface area contributed by atoms with Crippen LogP contribution >= 0.6 is 11.6 Å². The van der Waals surface area contributed by atoms with Crippen molar-refractivity contribution in [2.75, 3.05) is 5.32 Å². The zero-order chi connectivity index (χ0) is 20.4. The van der Waals surface area contributed by atoms with Gasteiger partial charge in [0.25, 0.3) is 5.78 Å². The normalized spacial score (nSPS) is 11.2. The minimum absolute atomic E-state index is 0.507. The molecule has 0 aliphatic carbocycles. The lowest BCUT2D eigenvalue weighted by Gasteiger charge is -2.12. The number of halogens is 1. The number of anilines is 1. The van der Waals surface area contributed by atoms with Crippen LogP contribution in [0.1, 0.15) is 36.6 Å². The van der Waals surface area contributed by atoms with Gasteiger partial charge in [0.15, 0.2) is 5.82 Å². The van der Waals surface area contributed by atoms with Gasteiger partial charge in [0, 0.05) is 6.54 Å². The van der Waals surface area contributed by atoms with E-state index in [1.165, 1.54) is 11.9 Å². The molecule has 0 amide bonds. The Morgan fingerprint density at radius 1 is 1.03 bits per heavy atom. The van der Waals surface area contributed by atoms with Crippen molar-refractivity contribution < 1.29 is 4.74 Å². The van der Waals surface area contributed by atoms with Gasteiger partial charge in [-0.3, -0.25) is 0 Å². The molecule has 0 spiro atoms. The molecule has 29 heavy (non-hydrogen) atoms. The van der Waals surface area contributed by atoms with E-state index in [4.69, 9.17) is 16.3 Å². The van der Waals surface area contributed by atoms with Gasteiger partial charge in [-0.1, -0.05) is 49.7 Å². The van der Waals surface area contributed by atoms with Crippen molar-refractivity contribution >= 4 is 23.2 Å². The third-order valence-corrected chi connectivity index (χ3v) is 5.15. The lowest BCUT2D eigenvalue weighted by Crippen LogP contribution is -2.08. The molecule has 2 heterocycles. The van der Waals surface area contributed by atoms with Crippen molar-refractivity contribution in [3.8, 4) is 11.5 Å². The van der Waals surface area contributed by atoms with E-state index in [1.54, 1.807) is 4.52 Å². The highest BCUT2D eigenvalue weighted by molar-refractivity contribution is 6.33. The van der Waals surface area contributed by atoms with E-state index in [9.17, 15) is 0 Å². The summed E-state index contributed by atoms with van der Waals surface area (Å²) in [6, 6.07) is 16.2. The smallest absolute Gasteiger partial charge is 0.254 e. The van der Waals surface area contributed by atoms with Gasteiger partial charge < -0.3 is 10.1 Å². The molecule has 2 aromatic heterocycles. The van der Waals surface area contributed by atoms with E-state index in [0.29, 0.717) is 34.8 Å². The Hall–Kier alpha value is -3.12. The van der Waals surface area contributed by atoms with E-state index in [0.717, 1.165) is 17.1 Å². The van der Waals surface area contributed by atoms with Crippen molar-refractivity contribution in [1.29, 1.82) is 0 Å². The van der Waals surface area contributed by atoms with Crippen LogP contribution in [0.5, 0.6) is 11.5 Å². The van der Waals surface area contributed by atoms with Crippen LogP contribution in [0.25, 0.3) is 5.78 Å². The van der Waals surface area contributed by atoms with E-state index in [2.05, 4.69) is 46.4 Å². The molecule has 7 heteroatoms. The van der Waals surface area contributed by atoms with Gasteiger partial charge in [0.2, 0.25) is 0 Å². The number of hydrogen-bond acceptors (Lipinski definition) is 5. The van der Waals surface area contributed by atoms with Crippen molar-refractivity contribution in [3.63, 3.8) is 0 Å². The van der Waals surface area contributed by atoms with Gasteiger partial charge in [-0.05, 0) is 48.2 Å². The maximum atomic E-state index is 6.41. The molecule has 0 fully saturated rings. The van der Waals surface area contributed by atoms with Gasteiger partial charge >= 0.3 is 0 Å². The van der Waals surface area contributed by atoms with Crippen molar-refractivity contribution in [3.05, 3.63) is 76.7 Å². The predicted octanol–water partition coefficient (Wildman–Crippen LogP) is 5.61. The van der Waals surface area contributed by atoms with Crippen molar-refractivity contribution in [2.45, 2.75) is 33.2 Å². The molecule has 0 aliphatic heterocycles.